The van der Waals surface area contributed by atoms with E-state index in [2.05, 4.69) is 5.10 Å². The Labute approximate surface area is 109 Å². The summed E-state index contributed by atoms with van der Waals surface area (Å²) in [4.78, 5) is 24.1. The van der Waals surface area contributed by atoms with Crippen LogP contribution >= 0.6 is 11.6 Å². The molecule has 0 aliphatic carbocycles. The number of likely N-dealkylation sites (tertiary alicyclic amines) is 1. The fraction of sp³-hybridized carbons (Fsp3) is 0.545. The average molecular weight is 272 g/mol. The minimum Gasteiger partial charge on any atom is -0.480 e. The Bertz CT molecular complexity index is 512. The molecule has 98 valence electrons. The average Bonchev–Trinajstić information content (AvgIpc) is 2.76. The van der Waals surface area contributed by atoms with Gasteiger partial charge in [-0.1, -0.05) is 11.6 Å². The van der Waals surface area contributed by atoms with Crippen molar-refractivity contribution in [1.29, 1.82) is 0 Å². The van der Waals surface area contributed by atoms with E-state index in [1.165, 1.54) is 4.90 Å². The first kappa shape index (κ1) is 12.9. The predicted octanol–water partition coefficient (Wildman–Crippen LogP) is 0.958. The molecule has 1 N–H and O–H groups in total. The van der Waals surface area contributed by atoms with Gasteiger partial charge in [0, 0.05) is 13.5 Å². The van der Waals surface area contributed by atoms with Gasteiger partial charge in [-0.3, -0.25) is 9.48 Å². The molecule has 1 fully saturated rings. The zero-order valence-corrected chi connectivity index (χ0v) is 10.9. The molecule has 18 heavy (non-hydrogen) atoms. The Morgan fingerprint density at radius 2 is 2.28 bits per heavy atom. The van der Waals surface area contributed by atoms with Gasteiger partial charge in [0.1, 0.15) is 6.04 Å². The van der Waals surface area contributed by atoms with Gasteiger partial charge in [0.05, 0.1) is 23.0 Å². The van der Waals surface area contributed by atoms with E-state index in [-0.39, 0.29) is 18.9 Å². The van der Waals surface area contributed by atoms with E-state index >= 15 is 0 Å². The number of carbonyl (C=O) groups is 2. The van der Waals surface area contributed by atoms with Gasteiger partial charge in [-0.2, -0.15) is 5.10 Å². The highest BCUT2D eigenvalue weighted by Crippen LogP contribution is 2.26. The lowest BCUT2D eigenvalue weighted by atomic mass is 10.2. The van der Waals surface area contributed by atoms with Gasteiger partial charge in [0.15, 0.2) is 0 Å². The molecule has 1 atom stereocenters. The monoisotopic (exact) mass is 271 g/mol. The van der Waals surface area contributed by atoms with Gasteiger partial charge in [0.25, 0.3) is 0 Å². The molecule has 1 unspecified atom stereocenters. The first-order chi connectivity index (χ1) is 8.41. The summed E-state index contributed by atoms with van der Waals surface area (Å²) in [6, 6.07) is -0.760. The number of aliphatic carboxylic acids is 1. The van der Waals surface area contributed by atoms with Gasteiger partial charge in [-0.15, -0.1) is 0 Å². The van der Waals surface area contributed by atoms with Crippen LogP contribution in [0.3, 0.4) is 0 Å². The van der Waals surface area contributed by atoms with Crippen molar-refractivity contribution < 1.29 is 14.7 Å². The number of aromatic nitrogens is 2. The number of hydrogen-bond acceptors (Lipinski definition) is 3. The highest BCUT2D eigenvalue weighted by molar-refractivity contribution is 6.31. The first-order valence-electron chi connectivity index (χ1n) is 5.62. The van der Waals surface area contributed by atoms with Crippen molar-refractivity contribution in [3.8, 4) is 0 Å². The normalized spacial score (nSPS) is 19.6. The van der Waals surface area contributed by atoms with Crippen LogP contribution in [0.2, 0.25) is 5.02 Å². The topological polar surface area (TPSA) is 75.4 Å². The summed E-state index contributed by atoms with van der Waals surface area (Å²) in [5.41, 5.74) is 1.34. The van der Waals surface area contributed by atoms with E-state index in [9.17, 15) is 9.59 Å². The molecule has 0 saturated carbocycles. The van der Waals surface area contributed by atoms with E-state index in [1.54, 1.807) is 18.7 Å². The number of hydrogen-bond donors (Lipinski definition) is 1. The van der Waals surface area contributed by atoms with Crippen LogP contribution in [0.15, 0.2) is 0 Å². The smallest absolute Gasteiger partial charge is 0.326 e. The van der Waals surface area contributed by atoms with Crippen molar-refractivity contribution in [2.75, 3.05) is 0 Å². The van der Waals surface area contributed by atoms with Gasteiger partial charge >= 0.3 is 5.97 Å². The number of carbonyl (C=O) groups excluding carboxylic acids is 1. The summed E-state index contributed by atoms with van der Waals surface area (Å²) < 4.78 is 1.59. The number of amides is 1. The summed E-state index contributed by atoms with van der Waals surface area (Å²) in [5.74, 6) is -1.13. The van der Waals surface area contributed by atoms with Crippen molar-refractivity contribution in [1.82, 2.24) is 14.7 Å². The number of aryl methyl sites for hydroxylation is 2. The fourth-order valence-electron chi connectivity index (χ4n) is 2.20. The van der Waals surface area contributed by atoms with E-state index in [0.717, 1.165) is 0 Å². The lowest BCUT2D eigenvalue weighted by molar-refractivity contribution is -0.146. The molecule has 7 heteroatoms. The minimum atomic E-state index is -0.976. The molecule has 1 amide bonds. The van der Waals surface area contributed by atoms with Crippen LogP contribution in [0, 0.1) is 6.92 Å². The molecule has 0 bridgehead atoms. The maximum atomic E-state index is 11.7. The Morgan fingerprint density at radius 3 is 2.78 bits per heavy atom. The molecule has 1 aromatic rings. The Morgan fingerprint density at radius 1 is 1.61 bits per heavy atom. The molecular weight excluding hydrogens is 258 g/mol. The molecule has 1 saturated heterocycles. The molecule has 2 rings (SSSR count). The molecule has 1 aromatic heterocycles. The highest BCUT2D eigenvalue weighted by atomic mass is 35.5. The summed E-state index contributed by atoms with van der Waals surface area (Å²) in [6.45, 7) is 1.96. The lowest BCUT2D eigenvalue weighted by Gasteiger charge is -2.21. The Balaban J connectivity index is 2.27. The number of carboxylic acid groups (broad SMARTS) is 1. The maximum absolute atomic E-state index is 11.7. The quantitative estimate of drug-likeness (QED) is 0.888. The maximum Gasteiger partial charge on any atom is 0.326 e. The van der Waals surface area contributed by atoms with Crippen LogP contribution in [-0.2, 0) is 23.2 Å². The van der Waals surface area contributed by atoms with Crippen LogP contribution in [0.5, 0.6) is 0 Å². The zero-order valence-electron chi connectivity index (χ0n) is 10.2. The molecule has 2 heterocycles. The third-order valence-corrected chi connectivity index (χ3v) is 3.69. The molecule has 1 aliphatic heterocycles. The second kappa shape index (κ2) is 4.61. The van der Waals surface area contributed by atoms with Crippen molar-refractivity contribution in [2.24, 2.45) is 7.05 Å². The zero-order chi connectivity index (χ0) is 13.4. The SMILES string of the molecule is Cc1nn(C)c(CN2C(=O)CCC2C(=O)O)c1Cl. The van der Waals surface area contributed by atoms with Crippen molar-refractivity contribution in [3.05, 3.63) is 16.4 Å². The Hall–Kier alpha value is -1.56. The second-order valence-electron chi connectivity index (χ2n) is 4.38. The lowest BCUT2D eigenvalue weighted by Crippen LogP contribution is -2.38. The third-order valence-electron chi connectivity index (χ3n) is 3.20. The van der Waals surface area contributed by atoms with E-state index in [0.29, 0.717) is 22.8 Å². The van der Waals surface area contributed by atoms with Crippen molar-refractivity contribution in [3.63, 3.8) is 0 Å². The number of rotatable bonds is 3. The molecular formula is C11H14ClN3O3. The molecule has 1 aliphatic rings. The Kier molecular flexibility index (Phi) is 3.30. The van der Waals surface area contributed by atoms with Gasteiger partial charge < -0.3 is 10.0 Å². The number of carboxylic acids is 1. The van der Waals surface area contributed by atoms with E-state index < -0.39 is 12.0 Å². The summed E-state index contributed by atoms with van der Waals surface area (Å²) in [5, 5.41) is 13.7. The molecule has 0 radical (unpaired) electrons. The largest absolute Gasteiger partial charge is 0.480 e. The summed E-state index contributed by atoms with van der Waals surface area (Å²) in [6.07, 6.45) is 0.619. The van der Waals surface area contributed by atoms with Crippen molar-refractivity contribution in [2.45, 2.75) is 32.4 Å². The summed E-state index contributed by atoms with van der Waals surface area (Å²) >= 11 is 6.10. The van der Waals surface area contributed by atoms with Crippen LogP contribution in [0.4, 0.5) is 0 Å². The van der Waals surface area contributed by atoms with E-state index in [1.807, 2.05) is 0 Å². The first-order valence-corrected chi connectivity index (χ1v) is 6.00. The predicted molar refractivity (Wildman–Crippen MR) is 64.2 cm³/mol. The van der Waals surface area contributed by atoms with Crippen LogP contribution < -0.4 is 0 Å². The third kappa shape index (κ3) is 2.08. The van der Waals surface area contributed by atoms with Gasteiger partial charge in [0.2, 0.25) is 5.91 Å². The van der Waals surface area contributed by atoms with Crippen LogP contribution in [0.25, 0.3) is 0 Å². The van der Waals surface area contributed by atoms with Gasteiger partial charge in [-0.05, 0) is 13.3 Å². The molecule has 0 spiro atoms. The standard InChI is InChI=1S/C11H14ClN3O3/c1-6-10(12)8(14(2)13-6)5-15-7(11(17)18)3-4-9(15)16/h7H,3-5H2,1-2H3,(H,17,18). The second-order valence-corrected chi connectivity index (χ2v) is 4.76. The van der Waals surface area contributed by atoms with E-state index in [4.69, 9.17) is 16.7 Å². The van der Waals surface area contributed by atoms with Gasteiger partial charge in [-0.25, -0.2) is 4.79 Å². The minimum absolute atomic E-state index is 0.155. The van der Waals surface area contributed by atoms with Crippen molar-refractivity contribution >= 4 is 23.5 Å². The number of halogens is 1. The summed E-state index contributed by atoms with van der Waals surface area (Å²) in [7, 11) is 1.73. The highest BCUT2D eigenvalue weighted by Gasteiger charge is 2.36. The van der Waals surface area contributed by atoms with Crippen LogP contribution in [-0.4, -0.2) is 37.7 Å². The molecule has 0 aromatic carbocycles. The molecule has 6 nitrogen and oxygen atoms in total. The van der Waals surface area contributed by atoms with Crippen LogP contribution in [0.1, 0.15) is 24.2 Å². The fourth-order valence-corrected chi connectivity index (χ4v) is 2.42. The number of nitrogens with zero attached hydrogens (tertiary/aromatic N) is 3.